The zero-order chi connectivity index (χ0) is 24.9. The molecule has 1 heterocycles. The number of benzene rings is 4. The van der Waals surface area contributed by atoms with Crippen molar-refractivity contribution in [2.45, 2.75) is 6.92 Å². The molecule has 0 saturated heterocycles. The van der Waals surface area contributed by atoms with Gasteiger partial charge in [-0.1, -0.05) is 69.7 Å². The first-order valence-corrected chi connectivity index (χ1v) is 13.0. The first-order valence-electron chi connectivity index (χ1n) is 11.4. The van der Waals surface area contributed by atoms with Crippen LogP contribution in [0.1, 0.15) is 22.8 Å². The van der Waals surface area contributed by atoms with Crippen LogP contribution in [-0.2, 0) is 0 Å². The zero-order valence-corrected chi connectivity index (χ0v) is 21.9. The van der Waals surface area contributed by atoms with Gasteiger partial charge in [0.2, 0.25) is 5.13 Å². The van der Waals surface area contributed by atoms with E-state index in [2.05, 4.69) is 26.0 Å². The van der Waals surface area contributed by atoms with Gasteiger partial charge in [-0.3, -0.25) is 4.79 Å². The van der Waals surface area contributed by atoms with Gasteiger partial charge < -0.3 is 4.74 Å². The highest BCUT2D eigenvalue weighted by Gasteiger charge is 2.21. The molecule has 7 heteroatoms. The summed E-state index contributed by atoms with van der Waals surface area (Å²) in [6.45, 7) is 2.55. The smallest absolute Gasteiger partial charge is 0.280 e. The summed E-state index contributed by atoms with van der Waals surface area (Å²) in [7, 11) is 0. The zero-order valence-electron chi connectivity index (χ0n) is 19.5. The van der Waals surface area contributed by atoms with E-state index in [1.165, 1.54) is 16.3 Å². The first kappa shape index (κ1) is 23.9. The lowest BCUT2D eigenvalue weighted by atomic mass is 10.0. The van der Waals surface area contributed by atoms with Crippen molar-refractivity contribution in [1.82, 2.24) is 4.98 Å². The van der Waals surface area contributed by atoms with E-state index < -0.39 is 0 Å². The minimum Gasteiger partial charge on any atom is -0.494 e. The van der Waals surface area contributed by atoms with E-state index in [1.807, 2.05) is 104 Å². The fraction of sp³-hybridized carbons (Fsp3) is 0.0690. The van der Waals surface area contributed by atoms with Crippen LogP contribution in [0.5, 0.6) is 5.75 Å². The summed E-state index contributed by atoms with van der Waals surface area (Å²) in [5, 5.41) is 6.44. The van der Waals surface area contributed by atoms with Gasteiger partial charge in [0.05, 0.1) is 23.0 Å². The second-order valence-corrected chi connectivity index (χ2v) is 9.84. The Bertz CT molecular complexity index is 1510. The highest BCUT2D eigenvalue weighted by atomic mass is 79.9. The molecule has 0 aliphatic rings. The number of hydrogen-bond acceptors (Lipinski definition) is 5. The Morgan fingerprint density at radius 1 is 0.972 bits per heavy atom. The molecular formula is C29H22BrN3O2S. The molecular weight excluding hydrogens is 534 g/mol. The predicted octanol–water partition coefficient (Wildman–Crippen LogP) is 7.81. The Labute approximate surface area is 221 Å². The van der Waals surface area contributed by atoms with Crippen molar-refractivity contribution in [2.24, 2.45) is 5.10 Å². The number of ether oxygens (including phenoxy) is 1. The fourth-order valence-corrected chi connectivity index (χ4v) is 5.14. The van der Waals surface area contributed by atoms with E-state index >= 15 is 0 Å². The maximum absolute atomic E-state index is 13.6. The lowest BCUT2D eigenvalue weighted by molar-refractivity contribution is 0.0988. The number of carbonyl (C=O) groups is 1. The highest BCUT2D eigenvalue weighted by Crippen LogP contribution is 2.32. The number of thiazole rings is 1. The molecule has 0 radical (unpaired) electrons. The number of halogens is 1. The summed E-state index contributed by atoms with van der Waals surface area (Å²) in [5.74, 6) is 0.535. The van der Waals surface area contributed by atoms with Crippen LogP contribution in [0.15, 0.2) is 107 Å². The van der Waals surface area contributed by atoms with Crippen LogP contribution in [-0.4, -0.2) is 23.7 Å². The van der Waals surface area contributed by atoms with Gasteiger partial charge in [-0.25, -0.2) is 4.98 Å². The van der Waals surface area contributed by atoms with Crippen molar-refractivity contribution < 1.29 is 9.53 Å². The van der Waals surface area contributed by atoms with Crippen molar-refractivity contribution in [3.8, 4) is 16.9 Å². The van der Waals surface area contributed by atoms with Gasteiger partial charge in [0.25, 0.3) is 5.91 Å². The van der Waals surface area contributed by atoms with Crippen LogP contribution in [0.25, 0.3) is 21.3 Å². The summed E-state index contributed by atoms with van der Waals surface area (Å²) in [5.41, 5.74) is 4.32. The minimum absolute atomic E-state index is 0.255. The van der Waals surface area contributed by atoms with E-state index in [0.717, 1.165) is 37.1 Å². The lowest BCUT2D eigenvalue weighted by Crippen LogP contribution is -2.25. The van der Waals surface area contributed by atoms with E-state index in [1.54, 1.807) is 6.21 Å². The summed E-state index contributed by atoms with van der Waals surface area (Å²) in [4.78, 5) is 18.3. The highest BCUT2D eigenvalue weighted by molar-refractivity contribution is 9.10. The molecule has 0 fully saturated rings. The molecule has 0 atom stereocenters. The van der Waals surface area contributed by atoms with Gasteiger partial charge >= 0.3 is 0 Å². The number of nitrogens with zero attached hydrogens (tertiary/aromatic N) is 3. The summed E-state index contributed by atoms with van der Waals surface area (Å²) in [6.07, 6.45) is 1.66. The van der Waals surface area contributed by atoms with Crippen LogP contribution < -0.4 is 9.75 Å². The number of hydrazone groups is 1. The quantitative estimate of drug-likeness (QED) is 0.152. The van der Waals surface area contributed by atoms with Crippen molar-refractivity contribution >= 4 is 54.7 Å². The molecule has 0 unspecified atom stereocenters. The molecule has 0 spiro atoms. The molecule has 36 heavy (non-hydrogen) atoms. The van der Waals surface area contributed by atoms with Crippen molar-refractivity contribution in [2.75, 3.05) is 11.6 Å². The van der Waals surface area contributed by atoms with Gasteiger partial charge in [0.1, 0.15) is 5.75 Å². The van der Waals surface area contributed by atoms with Crippen LogP contribution in [0, 0.1) is 0 Å². The Hall–Kier alpha value is -3.81. The largest absolute Gasteiger partial charge is 0.494 e. The molecule has 1 aromatic heterocycles. The molecule has 0 aliphatic carbocycles. The number of fused-ring (bicyclic) bond motifs is 1. The Morgan fingerprint density at radius 3 is 2.42 bits per heavy atom. The molecule has 5 rings (SSSR count). The molecule has 0 saturated carbocycles. The number of anilines is 1. The number of carbonyl (C=O) groups excluding carboxylic acids is 1. The van der Waals surface area contributed by atoms with Gasteiger partial charge in [0, 0.05) is 10.0 Å². The molecule has 5 nitrogen and oxygen atoms in total. The van der Waals surface area contributed by atoms with E-state index in [0.29, 0.717) is 17.3 Å². The predicted molar refractivity (Wildman–Crippen MR) is 151 cm³/mol. The molecule has 0 bridgehead atoms. The third-order valence-electron chi connectivity index (χ3n) is 5.47. The van der Waals surface area contributed by atoms with E-state index in [9.17, 15) is 4.79 Å². The SMILES string of the molecule is CCOc1ccc(/C=N/N(C(=O)c2ccc(-c3ccccc3)cc2)c2nc3ccc(Br)cc3s2)cc1. The third kappa shape index (κ3) is 5.37. The second kappa shape index (κ2) is 10.8. The number of amides is 1. The van der Waals surface area contributed by atoms with Gasteiger partial charge in [-0.05, 0) is 78.2 Å². The topological polar surface area (TPSA) is 54.8 Å². The number of aromatic nitrogens is 1. The number of rotatable bonds is 7. The summed E-state index contributed by atoms with van der Waals surface area (Å²) in [6, 6.07) is 31.0. The van der Waals surface area contributed by atoms with E-state index in [4.69, 9.17) is 4.74 Å². The minimum atomic E-state index is -0.255. The molecule has 178 valence electrons. The maximum atomic E-state index is 13.6. The molecule has 0 aliphatic heterocycles. The number of hydrogen-bond donors (Lipinski definition) is 0. The third-order valence-corrected chi connectivity index (χ3v) is 6.95. The molecule has 5 aromatic rings. The molecule has 0 N–H and O–H groups in total. The maximum Gasteiger partial charge on any atom is 0.280 e. The summed E-state index contributed by atoms with van der Waals surface area (Å²) < 4.78 is 7.44. The lowest BCUT2D eigenvalue weighted by Gasteiger charge is -2.14. The van der Waals surface area contributed by atoms with Crippen LogP contribution in [0.2, 0.25) is 0 Å². The average molecular weight is 556 g/mol. The Morgan fingerprint density at radius 2 is 1.69 bits per heavy atom. The normalized spacial score (nSPS) is 11.2. The Balaban J connectivity index is 1.48. The van der Waals surface area contributed by atoms with Crippen molar-refractivity contribution in [3.05, 3.63) is 113 Å². The van der Waals surface area contributed by atoms with Crippen LogP contribution in [0.3, 0.4) is 0 Å². The average Bonchev–Trinajstić information content (AvgIpc) is 3.33. The standard InChI is InChI=1S/C29H22BrN3O2S/c1-2-35-25-15-8-20(9-16-25)19-31-33(29-32-26-17-14-24(30)18-27(26)36-29)28(34)23-12-10-22(11-13-23)21-6-4-3-5-7-21/h3-19H,2H2,1H3/b31-19+. The first-order chi connectivity index (χ1) is 17.6. The van der Waals surface area contributed by atoms with Gasteiger partial charge in [0.15, 0.2) is 0 Å². The van der Waals surface area contributed by atoms with Gasteiger partial charge in [-0.2, -0.15) is 10.1 Å². The van der Waals surface area contributed by atoms with Crippen LogP contribution >= 0.6 is 27.3 Å². The monoisotopic (exact) mass is 555 g/mol. The molecule has 4 aromatic carbocycles. The molecule has 1 amide bonds. The summed E-state index contributed by atoms with van der Waals surface area (Å²) >= 11 is 4.92. The fourth-order valence-electron chi connectivity index (χ4n) is 3.66. The van der Waals surface area contributed by atoms with Crippen molar-refractivity contribution in [1.29, 1.82) is 0 Å². The Kier molecular flexibility index (Phi) is 7.21. The van der Waals surface area contributed by atoms with Gasteiger partial charge in [-0.15, -0.1) is 0 Å². The van der Waals surface area contributed by atoms with Crippen molar-refractivity contribution in [3.63, 3.8) is 0 Å². The second-order valence-electron chi connectivity index (χ2n) is 7.92. The van der Waals surface area contributed by atoms with Crippen LogP contribution in [0.4, 0.5) is 5.13 Å². The van der Waals surface area contributed by atoms with E-state index in [-0.39, 0.29) is 5.91 Å².